The second-order valence-electron chi connectivity index (χ2n) is 2.45. The highest BCUT2D eigenvalue weighted by Crippen LogP contribution is 1.95. The van der Waals surface area contributed by atoms with Crippen LogP contribution >= 0.6 is 12.2 Å². The second-order valence-corrected chi connectivity index (χ2v) is 2.82. The number of allylic oxidation sites excluding steroid dienone is 1. The van der Waals surface area contributed by atoms with Crippen molar-refractivity contribution in [3.8, 4) is 0 Å². The Bertz CT molecular complexity index is 187. The van der Waals surface area contributed by atoms with Gasteiger partial charge in [-0.1, -0.05) is 25.8 Å². The van der Waals surface area contributed by atoms with Gasteiger partial charge in [0.15, 0.2) is 0 Å². The molecule has 0 saturated carbocycles. The Labute approximate surface area is 79.1 Å². The van der Waals surface area contributed by atoms with E-state index < -0.39 is 0 Å². The molecule has 0 spiro atoms. The maximum Gasteiger partial charge on any atom is 0.209 e. The molecular formula is C9H15NOS. The Morgan fingerprint density at radius 1 is 1.58 bits per heavy atom. The van der Waals surface area contributed by atoms with Gasteiger partial charge < -0.3 is 4.74 Å². The summed E-state index contributed by atoms with van der Waals surface area (Å²) in [4.78, 5) is 0. The maximum absolute atomic E-state index is 7.38. The van der Waals surface area contributed by atoms with Crippen LogP contribution in [0.1, 0.15) is 26.2 Å². The molecule has 0 amide bonds. The summed E-state index contributed by atoms with van der Waals surface area (Å²) in [5.74, 6) is 0. The first-order valence-corrected chi connectivity index (χ1v) is 4.46. The van der Waals surface area contributed by atoms with Crippen LogP contribution in [0.4, 0.5) is 0 Å². The normalized spacial score (nSPS) is 10.2. The van der Waals surface area contributed by atoms with E-state index in [1.165, 1.54) is 13.5 Å². The summed E-state index contributed by atoms with van der Waals surface area (Å²) in [6.45, 7) is 2.14. The Morgan fingerprint density at radius 2 is 2.25 bits per heavy atom. The molecule has 0 bridgehead atoms. The predicted octanol–water partition coefficient (Wildman–Crippen LogP) is 2.73. The minimum Gasteiger partial charge on any atom is -0.485 e. The van der Waals surface area contributed by atoms with E-state index in [-0.39, 0.29) is 10.8 Å². The Kier molecular flexibility index (Phi) is 6.57. The minimum absolute atomic E-state index is 0.253. The summed E-state index contributed by atoms with van der Waals surface area (Å²) < 4.78 is 4.72. The standard InChI is InChI=1S/C9H15NOS/c1-3-4-5-6-7-8(10)9(12)11-2/h6-7,10H,3-5H2,1-2H3/b7-6-,10-8?. The molecule has 3 heteroatoms. The predicted molar refractivity (Wildman–Crippen MR) is 56.0 cm³/mol. The van der Waals surface area contributed by atoms with E-state index >= 15 is 0 Å². The number of hydrogen-bond acceptors (Lipinski definition) is 3. The van der Waals surface area contributed by atoms with E-state index in [1.807, 2.05) is 6.08 Å². The third-order valence-electron chi connectivity index (χ3n) is 1.41. The molecule has 0 unspecified atom stereocenters. The zero-order valence-electron chi connectivity index (χ0n) is 7.59. The highest BCUT2D eigenvalue weighted by Gasteiger charge is 1.97. The van der Waals surface area contributed by atoms with Gasteiger partial charge in [-0.05, 0) is 24.7 Å². The number of unbranched alkanes of at least 4 members (excludes halogenated alkanes) is 2. The number of hydrogen-bond donors (Lipinski definition) is 1. The third kappa shape index (κ3) is 5.02. The molecule has 0 aliphatic rings. The number of thiocarbonyl (C=S) groups is 1. The molecule has 0 fully saturated rings. The zero-order chi connectivity index (χ0) is 9.40. The lowest BCUT2D eigenvalue weighted by atomic mass is 10.2. The van der Waals surface area contributed by atoms with Crippen LogP contribution in [0.5, 0.6) is 0 Å². The van der Waals surface area contributed by atoms with Crippen LogP contribution in [0.15, 0.2) is 12.2 Å². The van der Waals surface area contributed by atoms with Crippen LogP contribution in [0, 0.1) is 5.41 Å². The van der Waals surface area contributed by atoms with Gasteiger partial charge in [-0.3, -0.25) is 5.41 Å². The monoisotopic (exact) mass is 185 g/mol. The summed E-state index contributed by atoms with van der Waals surface area (Å²) in [6, 6.07) is 0. The molecule has 0 aromatic rings. The van der Waals surface area contributed by atoms with Crippen LogP contribution in [0.3, 0.4) is 0 Å². The van der Waals surface area contributed by atoms with Crippen molar-refractivity contribution in [2.75, 3.05) is 7.11 Å². The molecular weight excluding hydrogens is 170 g/mol. The Hall–Kier alpha value is -0.700. The molecule has 0 aromatic carbocycles. The van der Waals surface area contributed by atoms with Gasteiger partial charge in [-0.2, -0.15) is 0 Å². The fraction of sp³-hybridized carbons (Fsp3) is 0.556. The molecule has 0 heterocycles. The first kappa shape index (κ1) is 11.3. The third-order valence-corrected chi connectivity index (χ3v) is 1.80. The van der Waals surface area contributed by atoms with Gasteiger partial charge in [0, 0.05) is 0 Å². The van der Waals surface area contributed by atoms with Crippen LogP contribution in [-0.2, 0) is 4.74 Å². The van der Waals surface area contributed by atoms with Gasteiger partial charge in [-0.15, -0.1) is 0 Å². The first-order chi connectivity index (χ1) is 5.72. The number of rotatable bonds is 5. The fourth-order valence-corrected chi connectivity index (χ4v) is 0.769. The van der Waals surface area contributed by atoms with Gasteiger partial charge >= 0.3 is 0 Å². The van der Waals surface area contributed by atoms with E-state index in [1.54, 1.807) is 6.08 Å². The van der Waals surface area contributed by atoms with Crippen molar-refractivity contribution in [2.45, 2.75) is 26.2 Å². The molecule has 1 N–H and O–H groups in total. The summed E-state index contributed by atoms with van der Waals surface area (Å²) in [6.07, 6.45) is 6.99. The molecule has 2 nitrogen and oxygen atoms in total. The van der Waals surface area contributed by atoms with Gasteiger partial charge in [0.2, 0.25) is 5.05 Å². The first-order valence-electron chi connectivity index (χ1n) is 4.05. The van der Waals surface area contributed by atoms with E-state index in [4.69, 9.17) is 22.4 Å². The van der Waals surface area contributed by atoms with Gasteiger partial charge in [0.05, 0.1) is 7.11 Å². The van der Waals surface area contributed by atoms with Crippen molar-refractivity contribution < 1.29 is 4.74 Å². The number of nitrogens with one attached hydrogen (secondary N) is 1. The second kappa shape index (κ2) is 6.98. The van der Waals surface area contributed by atoms with E-state index in [9.17, 15) is 0 Å². The molecule has 0 radical (unpaired) electrons. The maximum atomic E-state index is 7.38. The lowest BCUT2D eigenvalue weighted by molar-refractivity contribution is 0.421. The van der Waals surface area contributed by atoms with E-state index in [2.05, 4.69) is 6.92 Å². The molecule has 0 aromatic heterocycles. The largest absolute Gasteiger partial charge is 0.485 e. The van der Waals surface area contributed by atoms with Crippen molar-refractivity contribution in [3.05, 3.63) is 12.2 Å². The molecule has 0 aliphatic heterocycles. The van der Waals surface area contributed by atoms with Gasteiger partial charge in [0.1, 0.15) is 5.71 Å². The van der Waals surface area contributed by atoms with Crippen molar-refractivity contribution in [1.82, 2.24) is 0 Å². The number of ether oxygens (including phenoxy) is 1. The quantitative estimate of drug-likeness (QED) is 0.406. The molecule has 0 atom stereocenters. The lowest BCUT2D eigenvalue weighted by Crippen LogP contribution is -2.08. The van der Waals surface area contributed by atoms with Crippen molar-refractivity contribution in [3.63, 3.8) is 0 Å². The molecule has 0 aliphatic carbocycles. The Balaban J connectivity index is 3.68. The van der Waals surface area contributed by atoms with Crippen LogP contribution in [0.25, 0.3) is 0 Å². The number of methoxy groups -OCH3 is 1. The van der Waals surface area contributed by atoms with Gasteiger partial charge in [-0.25, -0.2) is 0 Å². The fourth-order valence-electron chi connectivity index (χ4n) is 0.701. The topological polar surface area (TPSA) is 33.1 Å². The Morgan fingerprint density at radius 3 is 2.75 bits per heavy atom. The summed E-state index contributed by atoms with van der Waals surface area (Å²) in [7, 11) is 1.48. The van der Waals surface area contributed by atoms with Crippen LogP contribution in [0.2, 0.25) is 0 Å². The lowest BCUT2D eigenvalue weighted by Gasteiger charge is -1.97. The summed E-state index contributed by atoms with van der Waals surface area (Å²) in [5, 5.41) is 7.63. The minimum atomic E-state index is 0.253. The SMILES string of the molecule is CCCC/C=C\C(=N)C(=S)OC. The highest BCUT2D eigenvalue weighted by molar-refractivity contribution is 7.81. The van der Waals surface area contributed by atoms with Crippen LogP contribution in [-0.4, -0.2) is 17.9 Å². The average molecular weight is 185 g/mol. The van der Waals surface area contributed by atoms with E-state index in [0.717, 1.165) is 12.8 Å². The molecule has 12 heavy (non-hydrogen) atoms. The average Bonchev–Trinajstić information content (AvgIpc) is 2.10. The smallest absolute Gasteiger partial charge is 0.209 e. The summed E-state index contributed by atoms with van der Waals surface area (Å²) in [5.41, 5.74) is 0.281. The molecule has 0 rings (SSSR count). The van der Waals surface area contributed by atoms with Crippen molar-refractivity contribution >= 4 is 23.0 Å². The van der Waals surface area contributed by atoms with Crippen molar-refractivity contribution in [1.29, 1.82) is 5.41 Å². The van der Waals surface area contributed by atoms with Crippen molar-refractivity contribution in [2.24, 2.45) is 0 Å². The molecule has 0 saturated heterocycles. The van der Waals surface area contributed by atoms with E-state index in [0.29, 0.717) is 0 Å². The molecule has 68 valence electrons. The zero-order valence-corrected chi connectivity index (χ0v) is 8.41. The van der Waals surface area contributed by atoms with Crippen LogP contribution < -0.4 is 0 Å². The summed E-state index contributed by atoms with van der Waals surface area (Å²) >= 11 is 4.76. The highest BCUT2D eigenvalue weighted by atomic mass is 32.1. The van der Waals surface area contributed by atoms with Gasteiger partial charge in [0.25, 0.3) is 0 Å².